The highest BCUT2D eigenvalue weighted by atomic mass is 14.0. The van der Waals surface area contributed by atoms with Crippen LogP contribution in [0.5, 0.6) is 0 Å². The van der Waals surface area contributed by atoms with Gasteiger partial charge in [-0.2, -0.15) is 0 Å². The lowest BCUT2D eigenvalue weighted by Crippen LogP contribution is -1.87. The summed E-state index contributed by atoms with van der Waals surface area (Å²) < 4.78 is 0. The van der Waals surface area contributed by atoms with Crippen molar-refractivity contribution in [3.05, 3.63) is 82.9 Å². The van der Waals surface area contributed by atoms with E-state index >= 15 is 0 Å². The molecule has 0 bridgehead atoms. The van der Waals surface area contributed by atoms with Gasteiger partial charge in [-0.3, -0.25) is 0 Å². The highest BCUT2D eigenvalue weighted by Gasteiger charge is 1.98. The first-order valence-corrected chi connectivity index (χ1v) is 7.69. The van der Waals surface area contributed by atoms with Gasteiger partial charge in [-0.05, 0) is 37.1 Å². The summed E-state index contributed by atoms with van der Waals surface area (Å²) in [5, 5.41) is 0. The van der Waals surface area contributed by atoms with Gasteiger partial charge >= 0.3 is 0 Å². The molecule has 2 rings (SSSR count). The monoisotopic (exact) mass is 284 g/mol. The topological polar surface area (TPSA) is 0 Å². The standard InChI is InChI=1S/C22H20/c1-3-21(17-15-19-11-7-5-8-12-19)22(4-2)18-16-20-13-9-6-10-14-20/h5-14H,3-4H2,1-2H3/b22-21-. The van der Waals surface area contributed by atoms with Gasteiger partial charge in [-0.15, -0.1) is 0 Å². The zero-order valence-electron chi connectivity index (χ0n) is 13.2. The number of allylic oxidation sites excluding steroid dienone is 2. The van der Waals surface area contributed by atoms with Gasteiger partial charge in [0.15, 0.2) is 0 Å². The second kappa shape index (κ2) is 8.56. The van der Waals surface area contributed by atoms with Crippen LogP contribution >= 0.6 is 0 Å². The maximum atomic E-state index is 3.30. The van der Waals surface area contributed by atoms with Gasteiger partial charge in [0.1, 0.15) is 0 Å². The molecular weight excluding hydrogens is 264 g/mol. The predicted molar refractivity (Wildman–Crippen MR) is 94.2 cm³/mol. The molecule has 0 saturated carbocycles. The molecule has 0 unspecified atom stereocenters. The van der Waals surface area contributed by atoms with E-state index in [4.69, 9.17) is 0 Å². The van der Waals surface area contributed by atoms with E-state index in [0.29, 0.717) is 0 Å². The van der Waals surface area contributed by atoms with Crippen LogP contribution in [0.1, 0.15) is 37.8 Å². The average Bonchev–Trinajstić information content (AvgIpc) is 2.59. The zero-order valence-corrected chi connectivity index (χ0v) is 13.2. The fourth-order valence-corrected chi connectivity index (χ4v) is 2.09. The Hall–Kier alpha value is -2.70. The Balaban J connectivity index is 2.30. The van der Waals surface area contributed by atoms with Crippen LogP contribution in [0.25, 0.3) is 0 Å². The van der Waals surface area contributed by atoms with Crippen LogP contribution in [0.4, 0.5) is 0 Å². The molecule has 0 nitrogen and oxygen atoms in total. The van der Waals surface area contributed by atoms with Crippen LogP contribution in [0.2, 0.25) is 0 Å². The molecule has 0 aliphatic heterocycles. The van der Waals surface area contributed by atoms with Crippen molar-refractivity contribution in [2.24, 2.45) is 0 Å². The van der Waals surface area contributed by atoms with Gasteiger partial charge in [-0.1, -0.05) is 73.9 Å². The van der Waals surface area contributed by atoms with Gasteiger partial charge in [-0.25, -0.2) is 0 Å². The van der Waals surface area contributed by atoms with Crippen LogP contribution in [0, 0.1) is 23.7 Å². The molecule has 22 heavy (non-hydrogen) atoms. The minimum Gasteiger partial charge on any atom is -0.0652 e. The molecule has 108 valence electrons. The van der Waals surface area contributed by atoms with E-state index in [9.17, 15) is 0 Å². The quantitative estimate of drug-likeness (QED) is 0.664. The highest BCUT2D eigenvalue weighted by Crippen LogP contribution is 2.12. The first-order chi connectivity index (χ1) is 10.8. The van der Waals surface area contributed by atoms with Crippen molar-refractivity contribution < 1.29 is 0 Å². The summed E-state index contributed by atoms with van der Waals surface area (Å²) >= 11 is 0. The SMILES string of the molecule is CC/C(C#Cc1ccccc1)=C(/C#Cc1ccccc1)CC. The van der Waals surface area contributed by atoms with Crippen molar-refractivity contribution in [1.29, 1.82) is 0 Å². The van der Waals surface area contributed by atoms with Crippen molar-refractivity contribution in [3.8, 4) is 23.7 Å². The molecule has 0 N–H and O–H groups in total. The molecule has 0 saturated heterocycles. The Morgan fingerprint density at radius 3 is 1.32 bits per heavy atom. The third-order valence-corrected chi connectivity index (χ3v) is 3.33. The normalized spacial score (nSPS) is 10.6. The summed E-state index contributed by atoms with van der Waals surface area (Å²) in [6.45, 7) is 4.27. The third-order valence-electron chi connectivity index (χ3n) is 3.33. The molecule has 0 amide bonds. The largest absolute Gasteiger partial charge is 0.0652 e. The Morgan fingerprint density at radius 2 is 1.00 bits per heavy atom. The van der Waals surface area contributed by atoms with Crippen LogP contribution < -0.4 is 0 Å². The molecule has 0 heterocycles. The lowest BCUT2D eigenvalue weighted by Gasteiger charge is -2.00. The molecule has 0 fully saturated rings. The second-order valence-electron chi connectivity index (χ2n) is 4.90. The Morgan fingerprint density at radius 1 is 0.636 bits per heavy atom. The van der Waals surface area contributed by atoms with Crippen molar-refractivity contribution >= 4 is 0 Å². The van der Waals surface area contributed by atoms with E-state index in [1.165, 1.54) is 0 Å². The number of benzene rings is 2. The number of rotatable bonds is 2. The molecule has 0 aromatic heterocycles. The molecule has 0 aliphatic rings. The van der Waals surface area contributed by atoms with E-state index < -0.39 is 0 Å². The summed E-state index contributed by atoms with van der Waals surface area (Å²) in [6.07, 6.45) is 1.82. The molecule has 0 atom stereocenters. The van der Waals surface area contributed by atoms with Crippen molar-refractivity contribution in [1.82, 2.24) is 0 Å². The van der Waals surface area contributed by atoms with E-state index in [1.807, 2.05) is 60.7 Å². The van der Waals surface area contributed by atoms with Crippen molar-refractivity contribution in [2.45, 2.75) is 26.7 Å². The lowest BCUT2D eigenvalue weighted by atomic mass is 10.0. The maximum absolute atomic E-state index is 3.30. The minimum absolute atomic E-state index is 0.909. The smallest absolute Gasteiger partial charge is 0.0248 e. The van der Waals surface area contributed by atoms with Gasteiger partial charge in [0.25, 0.3) is 0 Å². The first kappa shape index (κ1) is 15.7. The molecule has 0 radical (unpaired) electrons. The molecule has 2 aromatic rings. The summed E-state index contributed by atoms with van der Waals surface area (Å²) in [4.78, 5) is 0. The summed E-state index contributed by atoms with van der Waals surface area (Å²) in [5.74, 6) is 13.1. The summed E-state index contributed by atoms with van der Waals surface area (Å²) in [5.41, 5.74) is 4.35. The van der Waals surface area contributed by atoms with E-state index in [1.54, 1.807) is 0 Å². The highest BCUT2D eigenvalue weighted by molar-refractivity contribution is 5.49. The van der Waals surface area contributed by atoms with Crippen LogP contribution in [0.3, 0.4) is 0 Å². The third kappa shape index (κ3) is 4.69. The second-order valence-corrected chi connectivity index (χ2v) is 4.90. The van der Waals surface area contributed by atoms with E-state index in [0.717, 1.165) is 35.1 Å². The Bertz CT molecular complexity index is 674. The van der Waals surface area contributed by atoms with E-state index in [-0.39, 0.29) is 0 Å². The van der Waals surface area contributed by atoms with Crippen molar-refractivity contribution in [3.63, 3.8) is 0 Å². The van der Waals surface area contributed by atoms with Crippen LogP contribution in [0.15, 0.2) is 71.8 Å². The summed E-state index contributed by atoms with van der Waals surface area (Å²) in [6, 6.07) is 20.2. The van der Waals surface area contributed by atoms with Crippen LogP contribution in [-0.4, -0.2) is 0 Å². The molecule has 0 aliphatic carbocycles. The van der Waals surface area contributed by atoms with Crippen LogP contribution in [-0.2, 0) is 0 Å². The maximum Gasteiger partial charge on any atom is 0.0248 e. The van der Waals surface area contributed by atoms with Gasteiger partial charge in [0.05, 0.1) is 0 Å². The average molecular weight is 284 g/mol. The van der Waals surface area contributed by atoms with Gasteiger partial charge < -0.3 is 0 Å². The number of hydrogen-bond donors (Lipinski definition) is 0. The fraction of sp³-hybridized carbons (Fsp3) is 0.182. The minimum atomic E-state index is 0.909. The first-order valence-electron chi connectivity index (χ1n) is 7.69. The lowest BCUT2D eigenvalue weighted by molar-refractivity contribution is 1.07. The molecule has 0 spiro atoms. The number of hydrogen-bond acceptors (Lipinski definition) is 0. The molecule has 2 aromatic carbocycles. The molecule has 0 heteroatoms. The fourth-order valence-electron chi connectivity index (χ4n) is 2.09. The molecular formula is C22H20. The van der Waals surface area contributed by atoms with Crippen molar-refractivity contribution in [2.75, 3.05) is 0 Å². The predicted octanol–water partition coefficient (Wildman–Crippen LogP) is 5.21. The Kier molecular flexibility index (Phi) is 6.10. The summed E-state index contributed by atoms with van der Waals surface area (Å²) in [7, 11) is 0. The zero-order chi connectivity index (χ0) is 15.6. The van der Waals surface area contributed by atoms with Gasteiger partial charge in [0, 0.05) is 22.3 Å². The Labute approximate surface area is 133 Å². The van der Waals surface area contributed by atoms with Gasteiger partial charge in [0.2, 0.25) is 0 Å². The van der Waals surface area contributed by atoms with E-state index in [2.05, 4.69) is 37.5 Å².